The summed E-state index contributed by atoms with van der Waals surface area (Å²) in [4.78, 5) is 35.1. The second kappa shape index (κ2) is 15.3. The van der Waals surface area contributed by atoms with E-state index in [1.165, 1.54) is 6.42 Å². The summed E-state index contributed by atoms with van der Waals surface area (Å²) >= 11 is 0. The Bertz CT molecular complexity index is 1090. The Morgan fingerprint density at radius 1 is 1.33 bits per heavy atom. The van der Waals surface area contributed by atoms with Gasteiger partial charge in [0.25, 0.3) is 0 Å². The van der Waals surface area contributed by atoms with Crippen LogP contribution in [0.3, 0.4) is 0 Å². The molecule has 2 aliphatic rings. The van der Waals surface area contributed by atoms with Crippen LogP contribution in [0.15, 0.2) is 23.4 Å². The predicted molar refractivity (Wildman–Crippen MR) is 137 cm³/mol. The third-order valence-electron chi connectivity index (χ3n) is 7.49. The number of carbonyl (C=O) groups excluding carboxylic acids is 2. The molecule has 0 aliphatic heterocycles. The van der Waals surface area contributed by atoms with E-state index in [2.05, 4.69) is 49.7 Å². The van der Waals surface area contributed by atoms with Crippen LogP contribution in [-0.2, 0) is 31.6 Å². The van der Waals surface area contributed by atoms with Crippen LogP contribution >= 0.6 is 0 Å². The SMILES string of the molecule is CC1([C@H](N[C-]=O)c2nc3ccc([C@@H](O)NC(=O)CC(CCF)CCF)cc3[nH]2)CC2C[C@H]2C1.C[C-]=NON.[Fe+2]. The number of hydrogen-bond acceptors (Lipinski definition) is 7. The summed E-state index contributed by atoms with van der Waals surface area (Å²) in [6, 6.07) is 4.82. The number of aliphatic hydroxyl groups excluding tert-OH is 1. The van der Waals surface area contributed by atoms with E-state index in [-0.39, 0.29) is 47.8 Å². The summed E-state index contributed by atoms with van der Waals surface area (Å²) in [5, 5.41) is 18.8. The van der Waals surface area contributed by atoms with Crippen molar-refractivity contribution >= 4 is 29.6 Å². The number of aromatic nitrogens is 2. The van der Waals surface area contributed by atoms with E-state index >= 15 is 0 Å². The molecule has 2 amide bonds. The number of amides is 2. The van der Waals surface area contributed by atoms with Gasteiger partial charge in [0.1, 0.15) is 5.82 Å². The van der Waals surface area contributed by atoms with Gasteiger partial charge in [-0.1, -0.05) is 13.0 Å². The third-order valence-corrected chi connectivity index (χ3v) is 7.49. The number of nitrogens with two attached hydrogens (primary N) is 1. The van der Waals surface area contributed by atoms with Crippen LogP contribution in [0.2, 0.25) is 0 Å². The molecule has 1 heterocycles. The number of nitrogens with zero attached hydrogens (tertiary/aromatic N) is 2. The van der Waals surface area contributed by atoms with Crippen molar-refractivity contribution in [1.29, 1.82) is 0 Å². The molecule has 6 N–H and O–H groups in total. The van der Waals surface area contributed by atoms with Crippen molar-refractivity contribution in [3.05, 3.63) is 29.6 Å². The third kappa shape index (κ3) is 8.69. The fraction of sp³-hybridized carbons (Fsp3) is 0.615. The van der Waals surface area contributed by atoms with E-state index in [4.69, 9.17) is 0 Å². The van der Waals surface area contributed by atoms with Crippen molar-refractivity contribution in [3.63, 3.8) is 0 Å². The van der Waals surface area contributed by atoms with Crippen LogP contribution in [0.4, 0.5) is 8.78 Å². The molecular weight excluding hydrogens is 554 g/mol. The van der Waals surface area contributed by atoms with Crippen LogP contribution in [0.5, 0.6) is 0 Å². The standard InChI is InChI=1S/C24H31F2N4O3.C2H5N2O.Fe/c1-24(11-16-9-17(16)12-24)21(27-13-31)22-28-18-3-2-15(10-19(18)29-22)23(33)30-20(32)8-14(4-6-25)5-7-26;1-2-4-5-3;/h2-3,10,14,16-17,21,23,33H,4-9,11-12H2,1H3,(H,27,31)(H,28,29)(H,30,32);3H2,1H3;/q2*-1;+2/t16-,17?,21+,23+,24?;;/m0../s1. The number of hydrogen-bond donors (Lipinski definition) is 5. The molecule has 2 fully saturated rings. The molecule has 13 heteroatoms. The van der Waals surface area contributed by atoms with Crippen LogP contribution in [0, 0.1) is 23.2 Å². The molecule has 1 aromatic carbocycles. The van der Waals surface area contributed by atoms with E-state index < -0.39 is 31.4 Å². The summed E-state index contributed by atoms with van der Waals surface area (Å²) in [7, 11) is 0. The molecule has 4 rings (SSSR count). The number of nitrogens with one attached hydrogen (secondary N) is 3. The monoisotopic (exact) mass is 590 g/mol. The molecule has 0 bridgehead atoms. The fourth-order valence-corrected chi connectivity index (χ4v) is 5.58. The van der Waals surface area contributed by atoms with Gasteiger partial charge in [0.15, 0.2) is 6.23 Å². The number of halogens is 2. The Hall–Kier alpha value is -2.60. The number of rotatable bonds is 13. The molecule has 39 heavy (non-hydrogen) atoms. The molecule has 2 aromatic rings. The maximum absolute atomic E-state index is 12.6. The van der Waals surface area contributed by atoms with Gasteiger partial charge in [0, 0.05) is 12.0 Å². The average molecular weight is 590 g/mol. The zero-order valence-corrected chi connectivity index (χ0v) is 23.1. The summed E-state index contributed by atoms with van der Waals surface area (Å²) < 4.78 is 25.2. The zero-order chi connectivity index (χ0) is 27.7. The van der Waals surface area contributed by atoms with Crippen molar-refractivity contribution in [2.45, 2.75) is 64.6 Å². The second-order valence-electron chi connectivity index (χ2n) is 10.3. The molecule has 0 spiro atoms. The maximum atomic E-state index is 12.6. The van der Waals surface area contributed by atoms with E-state index in [0.29, 0.717) is 22.4 Å². The Morgan fingerprint density at radius 3 is 2.54 bits per heavy atom. The van der Waals surface area contributed by atoms with Crippen molar-refractivity contribution < 1.29 is 45.5 Å². The molecule has 2 unspecified atom stereocenters. The van der Waals surface area contributed by atoms with Gasteiger partial charge in [-0.05, 0) is 67.4 Å². The fourth-order valence-electron chi connectivity index (χ4n) is 5.58. The van der Waals surface area contributed by atoms with Crippen molar-refractivity contribution in [2.75, 3.05) is 13.3 Å². The normalized spacial score (nSPS) is 22.8. The van der Waals surface area contributed by atoms with Gasteiger partial charge in [-0.2, -0.15) is 13.3 Å². The summed E-state index contributed by atoms with van der Waals surface area (Å²) in [6.45, 7) is 2.53. The number of alkyl halides is 2. The maximum Gasteiger partial charge on any atom is 2.00 e. The van der Waals surface area contributed by atoms with E-state index in [0.717, 1.165) is 24.7 Å². The zero-order valence-electron chi connectivity index (χ0n) is 22.0. The molecule has 10 nitrogen and oxygen atoms in total. The summed E-state index contributed by atoms with van der Waals surface area (Å²) in [5.41, 5.74) is 1.72. The largest absolute Gasteiger partial charge is 2.00 e. The molecule has 1 aromatic heterocycles. The van der Waals surface area contributed by atoms with Gasteiger partial charge in [0.2, 0.25) is 5.91 Å². The molecule has 0 saturated heterocycles. The molecule has 2 saturated carbocycles. The number of fused-ring (bicyclic) bond motifs is 2. The molecule has 2 aliphatic carbocycles. The van der Waals surface area contributed by atoms with Crippen LogP contribution in [-0.4, -0.2) is 47.0 Å². The molecule has 216 valence electrons. The quantitative estimate of drug-likeness (QED) is 0.0603. The average Bonchev–Trinajstić information content (AvgIpc) is 3.30. The molecule has 5 atom stereocenters. The number of H-pyrrole nitrogens is 1. The Labute approximate surface area is 237 Å². The topological polar surface area (TPSA) is 155 Å². The summed E-state index contributed by atoms with van der Waals surface area (Å²) in [6.07, 6.45) is 6.39. The minimum absolute atomic E-state index is 0. The predicted octanol–water partition coefficient (Wildman–Crippen LogP) is 3.29. The van der Waals surface area contributed by atoms with Gasteiger partial charge in [0.05, 0.1) is 30.4 Å². The first-order valence-electron chi connectivity index (χ1n) is 12.7. The smallest absolute Gasteiger partial charge is 0.521 e. The minimum Gasteiger partial charge on any atom is -0.521 e. The minimum atomic E-state index is -1.26. The van der Waals surface area contributed by atoms with Crippen LogP contribution < -0.4 is 16.5 Å². The Morgan fingerprint density at radius 2 is 2.00 bits per heavy atom. The molecule has 0 radical (unpaired) electrons. The van der Waals surface area contributed by atoms with Gasteiger partial charge in [-0.3, -0.25) is 18.7 Å². The number of carbonyl (C=O) groups is 1. The number of benzene rings is 1. The Kier molecular flexibility index (Phi) is 12.8. The van der Waals surface area contributed by atoms with Crippen LogP contribution in [0.25, 0.3) is 11.0 Å². The van der Waals surface area contributed by atoms with Gasteiger partial charge < -0.3 is 36.7 Å². The van der Waals surface area contributed by atoms with E-state index in [1.54, 1.807) is 25.1 Å². The van der Waals surface area contributed by atoms with Crippen LogP contribution in [0.1, 0.15) is 76.0 Å². The van der Waals surface area contributed by atoms with Gasteiger partial charge in [-0.25, -0.2) is 4.98 Å². The van der Waals surface area contributed by atoms with Crippen molar-refractivity contribution in [3.8, 4) is 0 Å². The number of imidazole rings is 1. The number of aromatic amines is 1. The first-order valence-corrected chi connectivity index (χ1v) is 12.7. The first kappa shape index (κ1) is 32.6. The Balaban J connectivity index is 0.000000816. The van der Waals surface area contributed by atoms with E-state index in [1.807, 2.05) is 6.41 Å². The molecular formula is C26H36F2FeN6O4. The van der Waals surface area contributed by atoms with Gasteiger partial charge >= 0.3 is 17.1 Å². The number of aliphatic hydroxyl groups is 1. The first-order chi connectivity index (χ1) is 18.3. The van der Waals surface area contributed by atoms with Crippen molar-refractivity contribution in [2.24, 2.45) is 34.2 Å². The van der Waals surface area contributed by atoms with Gasteiger partial charge in [-0.15, -0.1) is 5.90 Å². The second-order valence-corrected chi connectivity index (χ2v) is 10.3. The van der Waals surface area contributed by atoms with E-state index in [9.17, 15) is 23.5 Å². The van der Waals surface area contributed by atoms with Crippen molar-refractivity contribution in [1.82, 2.24) is 20.6 Å². The summed E-state index contributed by atoms with van der Waals surface area (Å²) in [5.74, 6) is 5.66.